The minimum atomic E-state index is 0.732. The highest BCUT2D eigenvalue weighted by Gasteiger charge is 2.15. The van der Waals surface area contributed by atoms with Gasteiger partial charge in [-0.05, 0) is 38.8 Å². The van der Waals surface area contributed by atoms with Crippen molar-refractivity contribution in [1.82, 2.24) is 19.7 Å². The van der Waals surface area contributed by atoms with E-state index in [1.165, 1.54) is 16.7 Å². The fourth-order valence-electron chi connectivity index (χ4n) is 2.88. The first-order chi connectivity index (χ1) is 10.0. The first-order valence-corrected chi connectivity index (χ1v) is 6.99. The second-order valence-corrected chi connectivity index (χ2v) is 5.41. The van der Waals surface area contributed by atoms with Gasteiger partial charge < -0.3 is 5.32 Å². The lowest BCUT2D eigenvalue weighted by Gasteiger charge is -2.12. The van der Waals surface area contributed by atoms with Crippen LogP contribution in [0.3, 0.4) is 0 Å². The summed E-state index contributed by atoms with van der Waals surface area (Å²) in [5, 5.41) is 8.58. The summed E-state index contributed by atoms with van der Waals surface area (Å²) < 4.78 is 1.91. The van der Waals surface area contributed by atoms with Gasteiger partial charge in [-0.2, -0.15) is 5.10 Å². The number of hydrogen-bond acceptors (Lipinski definition) is 4. The van der Waals surface area contributed by atoms with Crippen molar-refractivity contribution in [2.75, 3.05) is 12.4 Å². The Labute approximate surface area is 124 Å². The van der Waals surface area contributed by atoms with E-state index in [-0.39, 0.29) is 0 Å². The van der Waals surface area contributed by atoms with E-state index >= 15 is 0 Å². The Morgan fingerprint density at radius 3 is 2.29 bits per heavy atom. The van der Waals surface area contributed by atoms with Gasteiger partial charge in [0.25, 0.3) is 0 Å². The third-order valence-electron chi connectivity index (χ3n) is 3.62. The minimum absolute atomic E-state index is 0.732. The molecule has 0 fully saturated rings. The molecule has 0 aliphatic carbocycles. The SMILES string of the molecule is CNc1nc(C)nc2c1cnn2-c1c(C)cc(C)cc1C. The number of aryl methyl sites for hydroxylation is 4. The Balaban J connectivity index is 2.34. The van der Waals surface area contributed by atoms with Gasteiger partial charge in [-0.3, -0.25) is 0 Å². The molecule has 108 valence electrons. The van der Waals surface area contributed by atoms with Crippen LogP contribution < -0.4 is 5.32 Å². The van der Waals surface area contributed by atoms with Gasteiger partial charge in [-0.15, -0.1) is 0 Å². The molecular weight excluding hydrogens is 262 g/mol. The average molecular weight is 281 g/mol. The van der Waals surface area contributed by atoms with E-state index in [0.717, 1.165) is 28.4 Å². The molecule has 0 saturated carbocycles. The lowest BCUT2D eigenvalue weighted by Crippen LogP contribution is -2.05. The molecule has 0 atom stereocenters. The first-order valence-electron chi connectivity index (χ1n) is 6.99. The zero-order chi connectivity index (χ0) is 15.1. The summed E-state index contributed by atoms with van der Waals surface area (Å²) in [6.07, 6.45) is 1.82. The van der Waals surface area contributed by atoms with Crippen molar-refractivity contribution in [3.05, 3.63) is 40.8 Å². The number of nitrogens with zero attached hydrogens (tertiary/aromatic N) is 4. The average Bonchev–Trinajstić information content (AvgIpc) is 2.80. The highest BCUT2D eigenvalue weighted by Crippen LogP contribution is 2.26. The number of rotatable bonds is 2. The van der Waals surface area contributed by atoms with Gasteiger partial charge in [0.1, 0.15) is 11.6 Å². The van der Waals surface area contributed by atoms with E-state index in [0.29, 0.717) is 0 Å². The number of benzene rings is 1. The summed E-state index contributed by atoms with van der Waals surface area (Å²) in [6.45, 7) is 8.22. The number of hydrogen-bond donors (Lipinski definition) is 1. The molecule has 2 aromatic heterocycles. The fraction of sp³-hybridized carbons (Fsp3) is 0.312. The van der Waals surface area contributed by atoms with Crippen LogP contribution in [0, 0.1) is 27.7 Å². The second-order valence-electron chi connectivity index (χ2n) is 5.41. The minimum Gasteiger partial charge on any atom is -0.372 e. The van der Waals surface area contributed by atoms with Crippen molar-refractivity contribution in [2.24, 2.45) is 0 Å². The van der Waals surface area contributed by atoms with E-state index < -0.39 is 0 Å². The predicted molar refractivity (Wildman–Crippen MR) is 85.2 cm³/mol. The molecule has 21 heavy (non-hydrogen) atoms. The van der Waals surface area contributed by atoms with Gasteiger partial charge in [0.2, 0.25) is 0 Å². The summed E-state index contributed by atoms with van der Waals surface area (Å²) in [5.74, 6) is 1.54. The summed E-state index contributed by atoms with van der Waals surface area (Å²) >= 11 is 0. The van der Waals surface area contributed by atoms with Crippen LogP contribution in [0.5, 0.6) is 0 Å². The molecule has 0 unspecified atom stereocenters. The van der Waals surface area contributed by atoms with Gasteiger partial charge in [-0.1, -0.05) is 17.7 Å². The molecule has 0 saturated heterocycles. The van der Waals surface area contributed by atoms with E-state index in [1.54, 1.807) is 0 Å². The number of aromatic nitrogens is 4. The van der Waals surface area contributed by atoms with Crippen LogP contribution in [-0.4, -0.2) is 26.8 Å². The second kappa shape index (κ2) is 4.84. The molecule has 0 amide bonds. The van der Waals surface area contributed by atoms with Gasteiger partial charge in [0, 0.05) is 7.05 Å². The standard InChI is InChI=1S/C16H19N5/c1-9-6-10(2)14(11(3)7-9)21-16-13(8-18-21)15(17-5)19-12(4)20-16/h6-8H,1-5H3,(H,17,19,20). The molecule has 5 heteroatoms. The molecule has 5 nitrogen and oxygen atoms in total. The molecule has 1 N–H and O–H groups in total. The van der Waals surface area contributed by atoms with Crippen LogP contribution in [0.4, 0.5) is 5.82 Å². The summed E-state index contributed by atoms with van der Waals surface area (Å²) in [7, 11) is 1.86. The van der Waals surface area contributed by atoms with Crippen LogP contribution in [-0.2, 0) is 0 Å². The van der Waals surface area contributed by atoms with Crippen molar-refractivity contribution >= 4 is 16.9 Å². The number of fused-ring (bicyclic) bond motifs is 1. The third kappa shape index (κ3) is 2.14. The van der Waals surface area contributed by atoms with Crippen LogP contribution in [0.1, 0.15) is 22.5 Å². The topological polar surface area (TPSA) is 55.6 Å². The lowest BCUT2D eigenvalue weighted by molar-refractivity contribution is 0.873. The molecule has 0 radical (unpaired) electrons. The highest BCUT2D eigenvalue weighted by molar-refractivity contribution is 5.87. The predicted octanol–water partition coefficient (Wildman–Crippen LogP) is 3.09. The zero-order valence-corrected chi connectivity index (χ0v) is 13.0. The summed E-state index contributed by atoms with van der Waals surface area (Å²) in [5.41, 5.74) is 5.57. The quantitative estimate of drug-likeness (QED) is 0.784. The van der Waals surface area contributed by atoms with Crippen molar-refractivity contribution in [3.63, 3.8) is 0 Å². The van der Waals surface area contributed by atoms with Crippen LogP contribution in [0.2, 0.25) is 0 Å². The highest BCUT2D eigenvalue weighted by atomic mass is 15.3. The molecule has 0 spiro atoms. The Bertz CT molecular complexity index is 809. The van der Waals surface area contributed by atoms with Crippen molar-refractivity contribution in [3.8, 4) is 5.69 Å². The molecule has 0 aliphatic rings. The van der Waals surface area contributed by atoms with Crippen LogP contribution >= 0.6 is 0 Å². The molecule has 0 bridgehead atoms. The fourth-order valence-corrected chi connectivity index (χ4v) is 2.88. The third-order valence-corrected chi connectivity index (χ3v) is 3.62. The molecule has 1 aromatic carbocycles. The Morgan fingerprint density at radius 2 is 1.67 bits per heavy atom. The van der Waals surface area contributed by atoms with E-state index in [9.17, 15) is 0 Å². The van der Waals surface area contributed by atoms with Crippen LogP contribution in [0.15, 0.2) is 18.3 Å². The monoisotopic (exact) mass is 281 g/mol. The molecule has 3 rings (SSSR count). The van der Waals surface area contributed by atoms with Gasteiger partial charge in [0.05, 0.1) is 17.3 Å². The molecule has 0 aliphatic heterocycles. The first kappa shape index (κ1) is 13.5. The van der Waals surface area contributed by atoms with Crippen molar-refractivity contribution < 1.29 is 0 Å². The van der Waals surface area contributed by atoms with E-state index in [2.05, 4.69) is 53.3 Å². The molecular formula is C16H19N5. The van der Waals surface area contributed by atoms with Crippen molar-refractivity contribution in [1.29, 1.82) is 0 Å². The number of nitrogens with one attached hydrogen (secondary N) is 1. The van der Waals surface area contributed by atoms with Gasteiger partial charge in [-0.25, -0.2) is 14.6 Å². The maximum Gasteiger partial charge on any atom is 0.168 e. The van der Waals surface area contributed by atoms with E-state index in [4.69, 9.17) is 0 Å². The van der Waals surface area contributed by atoms with Gasteiger partial charge >= 0.3 is 0 Å². The molecule has 2 heterocycles. The zero-order valence-electron chi connectivity index (χ0n) is 13.0. The number of anilines is 1. The summed E-state index contributed by atoms with van der Waals surface area (Å²) in [4.78, 5) is 8.98. The van der Waals surface area contributed by atoms with Crippen molar-refractivity contribution in [2.45, 2.75) is 27.7 Å². The molecule has 3 aromatic rings. The normalized spacial score (nSPS) is 11.1. The van der Waals surface area contributed by atoms with E-state index in [1.807, 2.05) is 24.9 Å². The van der Waals surface area contributed by atoms with Crippen LogP contribution in [0.25, 0.3) is 16.7 Å². The smallest absolute Gasteiger partial charge is 0.168 e. The Kier molecular flexibility index (Phi) is 3.12. The lowest BCUT2D eigenvalue weighted by atomic mass is 10.1. The maximum absolute atomic E-state index is 4.57. The Morgan fingerprint density at radius 1 is 1.00 bits per heavy atom. The largest absolute Gasteiger partial charge is 0.372 e. The summed E-state index contributed by atoms with van der Waals surface area (Å²) in [6, 6.07) is 4.34. The Hall–Kier alpha value is -2.43. The van der Waals surface area contributed by atoms with Gasteiger partial charge in [0.15, 0.2) is 5.65 Å². The maximum atomic E-state index is 4.57.